The van der Waals surface area contributed by atoms with Gasteiger partial charge in [0.25, 0.3) is 0 Å². The number of aliphatic imine (C=N–C) groups is 1. The molecule has 0 aromatic heterocycles. The zero-order valence-electron chi connectivity index (χ0n) is 21.9. The van der Waals surface area contributed by atoms with E-state index in [1.807, 2.05) is 24.3 Å². The number of fused-ring (bicyclic) bond motifs is 1. The molecule has 4 N–H and O–H groups in total. The lowest BCUT2D eigenvalue weighted by Crippen LogP contribution is -2.47. The van der Waals surface area contributed by atoms with E-state index in [9.17, 15) is 5.21 Å². The van der Waals surface area contributed by atoms with Crippen LogP contribution in [0.15, 0.2) is 53.5 Å². The summed E-state index contributed by atoms with van der Waals surface area (Å²) >= 11 is 0. The van der Waals surface area contributed by atoms with Crippen molar-refractivity contribution >= 4 is 17.2 Å². The highest BCUT2D eigenvalue weighted by Gasteiger charge is 2.26. The van der Waals surface area contributed by atoms with Crippen LogP contribution in [0, 0.1) is 5.92 Å². The highest BCUT2D eigenvalue weighted by molar-refractivity contribution is 6.04. The minimum atomic E-state index is -0.0734. The molecular weight excluding hydrogens is 452 g/mol. The molecular formula is C28H42N6O2. The van der Waals surface area contributed by atoms with Gasteiger partial charge in [0.1, 0.15) is 5.84 Å². The van der Waals surface area contributed by atoms with Crippen LogP contribution in [0.2, 0.25) is 0 Å². The lowest BCUT2D eigenvalue weighted by atomic mass is 9.86. The van der Waals surface area contributed by atoms with Crippen molar-refractivity contribution in [2.24, 2.45) is 10.9 Å². The van der Waals surface area contributed by atoms with E-state index in [-0.39, 0.29) is 6.29 Å². The Hall–Kier alpha value is -2.65. The van der Waals surface area contributed by atoms with E-state index in [1.54, 1.807) is 0 Å². The highest BCUT2D eigenvalue weighted by Crippen LogP contribution is 2.26. The molecule has 2 aromatic carbocycles. The van der Waals surface area contributed by atoms with E-state index in [0.29, 0.717) is 11.7 Å². The van der Waals surface area contributed by atoms with E-state index >= 15 is 0 Å². The molecule has 36 heavy (non-hydrogen) atoms. The van der Waals surface area contributed by atoms with Gasteiger partial charge in [-0.25, -0.2) is 4.99 Å². The third-order valence-electron chi connectivity index (χ3n) is 7.21. The van der Waals surface area contributed by atoms with Gasteiger partial charge >= 0.3 is 0 Å². The molecule has 1 saturated carbocycles. The molecule has 1 aliphatic carbocycles. The molecule has 1 heterocycles. The maximum atomic E-state index is 9.54. The summed E-state index contributed by atoms with van der Waals surface area (Å²) in [5, 5.41) is 21.3. The normalized spacial score (nSPS) is 21.3. The summed E-state index contributed by atoms with van der Waals surface area (Å²) in [6.45, 7) is 2.18. The summed E-state index contributed by atoms with van der Waals surface area (Å²) in [5.74, 6) is 1.79. The molecule has 2 aliphatic rings. The molecule has 196 valence electrons. The Morgan fingerprint density at radius 1 is 1.03 bits per heavy atom. The van der Waals surface area contributed by atoms with Gasteiger partial charge in [0.2, 0.25) is 0 Å². The number of rotatable bonds is 11. The first-order chi connectivity index (χ1) is 17.5. The van der Waals surface area contributed by atoms with Crippen molar-refractivity contribution in [1.29, 1.82) is 0 Å². The second kappa shape index (κ2) is 13.1. The molecule has 0 radical (unpaired) electrons. The summed E-state index contributed by atoms with van der Waals surface area (Å²) < 4.78 is 0. The standard InChI is InChI=1S/C28H42N6O2/c1-33(2)27-25-9-4-5-10-26(25)31-28(32-27)30-23-15-11-22(12-16-23)20-29-19-7-6-8-21-13-17-24(18-14-21)34(35)36-3/h4-5,9-10,13-14,17-18,22-23,28-31,35H,6-8,11-12,15-16,19-20H2,1-3H3. The fraction of sp³-hybridized carbons (Fsp3) is 0.536. The van der Waals surface area contributed by atoms with Gasteiger partial charge in [0.15, 0.2) is 6.29 Å². The van der Waals surface area contributed by atoms with Gasteiger partial charge in [0.05, 0.1) is 12.8 Å². The summed E-state index contributed by atoms with van der Waals surface area (Å²) in [5.41, 5.74) is 4.23. The number of aryl methyl sites for hydroxylation is 1. The summed E-state index contributed by atoms with van der Waals surface area (Å²) in [7, 11) is 5.55. The number of para-hydroxylation sites is 1. The van der Waals surface area contributed by atoms with Crippen LogP contribution in [0.25, 0.3) is 0 Å². The quantitative estimate of drug-likeness (QED) is 0.275. The number of unbranched alkanes of at least 4 members (excludes halogenated alkanes) is 1. The molecule has 1 unspecified atom stereocenters. The molecule has 1 aliphatic heterocycles. The number of hydrogen-bond donors (Lipinski definition) is 4. The SMILES string of the molecule is CON(O)c1ccc(CCCCNCC2CCC(NC3N=C(N(C)C)c4ccccc4N3)CC2)cc1. The highest BCUT2D eigenvalue weighted by atomic mass is 16.9. The van der Waals surface area contributed by atoms with Crippen molar-refractivity contribution < 1.29 is 10.0 Å². The Labute approximate surface area is 215 Å². The van der Waals surface area contributed by atoms with Crippen LogP contribution in [0.4, 0.5) is 11.4 Å². The molecule has 1 fully saturated rings. The van der Waals surface area contributed by atoms with E-state index in [4.69, 9.17) is 9.83 Å². The van der Waals surface area contributed by atoms with Crippen LogP contribution < -0.4 is 21.2 Å². The molecule has 8 heteroatoms. The summed E-state index contributed by atoms with van der Waals surface area (Å²) in [6, 6.07) is 16.7. The number of hydrogen-bond acceptors (Lipinski definition) is 8. The first-order valence-corrected chi connectivity index (χ1v) is 13.2. The van der Waals surface area contributed by atoms with Crippen LogP contribution in [-0.4, -0.2) is 62.6 Å². The molecule has 4 rings (SSSR count). The van der Waals surface area contributed by atoms with E-state index < -0.39 is 0 Å². The average molecular weight is 495 g/mol. The summed E-state index contributed by atoms with van der Waals surface area (Å²) in [4.78, 5) is 11.8. The van der Waals surface area contributed by atoms with Crippen LogP contribution in [0.5, 0.6) is 0 Å². The monoisotopic (exact) mass is 494 g/mol. The molecule has 8 nitrogen and oxygen atoms in total. The minimum Gasteiger partial charge on any atom is -0.362 e. The molecule has 0 amide bonds. The van der Waals surface area contributed by atoms with Crippen LogP contribution in [-0.2, 0) is 11.3 Å². The van der Waals surface area contributed by atoms with Gasteiger partial charge in [-0.2, -0.15) is 0 Å². The third kappa shape index (κ3) is 7.20. The van der Waals surface area contributed by atoms with Crippen LogP contribution in [0.3, 0.4) is 0 Å². The van der Waals surface area contributed by atoms with Gasteiger partial charge in [-0.15, -0.1) is 5.23 Å². The number of benzene rings is 2. The molecule has 1 atom stereocenters. The van der Waals surface area contributed by atoms with Gasteiger partial charge in [-0.05, 0) is 93.8 Å². The van der Waals surface area contributed by atoms with Gasteiger partial charge in [-0.3, -0.25) is 15.4 Å². The van der Waals surface area contributed by atoms with Gasteiger partial charge in [0, 0.05) is 31.4 Å². The Bertz CT molecular complexity index is 972. The van der Waals surface area contributed by atoms with Crippen molar-refractivity contribution in [2.45, 2.75) is 57.3 Å². The Morgan fingerprint density at radius 3 is 2.50 bits per heavy atom. The second-order valence-corrected chi connectivity index (χ2v) is 10.1. The predicted octanol–water partition coefficient (Wildman–Crippen LogP) is 4.22. The van der Waals surface area contributed by atoms with E-state index in [2.05, 4.69) is 59.2 Å². The topological polar surface area (TPSA) is 84.4 Å². The Morgan fingerprint density at radius 2 is 1.78 bits per heavy atom. The maximum Gasteiger partial charge on any atom is 0.176 e. The molecule has 2 aromatic rings. The Balaban J connectivity index is 1.10. The average Bonchev–Trinajstić information content (AvgIpc) is 2.91. The predicted molar refractivity (Wildman–Crippen MR) is 146 cm³/mol. The zero-order valence-corrected chi connectivity index (χ0v) is 21.9. The Kier molecular flexibility index (Phi) is 9.58. The van der Waals surface area contributed by atoms with Gasteiger partial charge < -0.3 is 15.5 Å². The van der Waals surface area contributed by atoms with Crippen molar-refractivity contribution in [3.63, 3.8) is 0 Å². The number of nitrogens with one attached hydrogen (secondary N) is 3. The molecule has 0 spiro atoms. The van der Waals surface area contributed by atoms with Crippen molar-refractivity contribution in [3.05, 3.63) is 59.7 Å². The minimum absolute atomic E-state index is 0.0734. The van der Waals surface area contributed by atoms with Crippen molar-refractivity contribution in [2.75, 3.05) is 44.8 Å². The maximum absolute atomic E-state index is 9.54. The smallest absolute Gasteiger partial charge is 0.176 e. The molecule has 0 saturated heterocycles. The lowest BCUT2D eigenvalue weighted by molar-refractivity contribution is -0.0109. The second-order valence-electron chi connectivity index (χ2n) is 10.1. The fourth-order valence-electron chi connectivity index (χ4n) is 5.15. The lowest BCUT2D eigenvalue weighted by Gasteiger charge is -2.34. The first-order valence-electron chi connectivity index (χ1n) is 13.2. The number of nitrogens with zero attached hydrogens (tertiary/aromatic N) is 3. The third-order valence-corrected chi connectivity index (χ3v) is 7.21. The number of anilines is 2. The fourth-order valence-corrected chi connectivity index (χ4v) is 5.15. The first kappa shape index (κ1) is 26.4. The van der Waals surface area contributed by atoms with E-state index in [1.165, 1.54) is 44.8 Å². The van der Waals surface area contributed by atoms with E-state index in [0.717, 1.165) is 54.2 Å². The van der Waals surface area contributed by atoms with Crippen LogP contribution >= 0.6 is 0 Å². The van der Waals surface area contributed by atoms with Gasteiger partial charge in [-0.1, -0.05) is 24.3 Å². The molecule has 0 bridgehead atoms. The van der Waals surface area contributed by atoms with Crippen molar-refractivity contribution in [3.8, 4) is 0 Å². The van der Waals surface area contributed by atoms with Crippen molar-refractivity contribution in [1.82, 2.24) is 15.5 Å². The number of amidine groups is 1. The largest absolute Gasteiger partial charge is 0.362 e. The zero-order chi connectivity index (χ0) is 25.3. The van der Waals surface area contributed by atoms with Crippen LogP contribution in [0.1, 0.15) is 49.7 Å². The summed E-state index contributed by atoms with van der Waals surface area (Å²) in [6.07, 6.45) is 8.21.